The van der Waals surface area contributed by atoms with Crippen molar-refractivity contribution in [2.24, 2.45) is 0 Å². The van der Waals surface area contributed by atoms with Crippen molar-refractivity contribution >= 4 is 24.0 Å². The molecule has 0 spiro atoms. The normalized spacial score (nSPS) is 20.4. The van der Waals surface area contributed by atoms with Crippen molar-refractivity contribution in [3.8, 4) is 0 Å². The summed E-state index contributed by atoms with van der Waals surface area (Å²) in [5, 5.41) is 0.282. The van der Waals surface area contributed by atoms with Crippen LogP contribution in [0, 0.1) is 6.92 Å². The number of aryl methyl sites for hydroxylation is 1. The highest BCUT2D eigenvalue weighted by molar-refractivity contribution is 7.80. The zero-order valence-electron chi connectivity index (χ0n) is 13.9. The molecular formula is C18H30N2S. The summed E-state index contributed by atoms with van der Waals surface area (Å²) in [4.78, 5) is 2.58. The highest BCUT2D eigenvalue weighted by Gasteiger charge is 2.36. The van der Waals surface area contributed by atoms with E-state index >= 15 is 0 Å². The predicted molar refractivity (Wildman–Crippen MR) is 97.5 cm³/mol. The Morgan fingerprint density at radius 3 is 2.67 bits per heavy atom. The molecule has 3 heteroatoms. The van der Waals surface area contributed by atoms with E-state index in [2.05, 4.69) is 44.7 Å². The number of unbranched alkanes of at least 4 members (excludes halogenated alkanes) is 3. The van der Waals surface area contributed by atoms with Gasteiger partial charge in [-0.05, 0) is 56.9 Å². The van der Waals surface area contributed by atoms with E-state index in [4.69, 9.17) is 18.4 Å². The number of rotatable bonds is 5. The quantitative estimate of drug-likeness (QED) is 0.449. The van der Waals surface area contributed by atoms with Crippen LogP contribution in [0.5, 0.6) is 0 Å². The lowest BCUT2D eigenvalue weighted by molar-refractivity contribution is 0.399. The Labute approximate surface area is 135 Å². The van der Waals surface area contributed by atoms with Crippen molar-refractivity contribution in [1.29, 1.82) is 0 Å². The molecule has 0 aromatic heterocycles. The molecule has 118 valence electrons. The van der Waals surface area contributed by atoms with Gasteiger partial charge in [-0.3, -0.25) is 0 Å². The van der Waals surface area contributed by atoms with Crippen LogP contribution in [0.2, 0.25) is 0 Å². The Hall–Kier alpha value is -0.830. The molecule has 0 bridgehead atoms. The molecule has 1 atom stereocenters. The van der Waals surface area contributed by atoms with Gasteiger partial charge in [0.1, 0.15) is 0 Å². The van der Waals surface area contributed by atoms with Gasteiger partial charge < -0.3 is 10.6 Å². The molecule has 0 radical (unpaired) electrons. The van der Waals surface area contributed by atoms with Gasteiger partial charge in [-0.15, -0.1) is 0 Å². The van der Waals surface area contributed by atoms with Crippen molar-refractivity contribution < 1.29 is 0 Å². The Balaban J connectivity index is 2.29. The zero-order chi connectivity index (χ0) is 15.6. The number of anilines is 2. The molecule has 1 aromatic rings. The number of hydrogen-bond donors (Lipinski definition) is 2. The van der Waals surface area contributed by atoms with E-state index in [0.29, 0.717) is 0 Å². The van der Waals surface area contributed by atoms with Gasteiger partial charge in [0.2, 0.25) is 0 Å². The number of hydrogen-bond acceptors (Lipinski definition) is 3. The fraction of sp³-hybridized carbons (Fsp3) is 0.667. The number of nitrogens with zero attached hydrogens (tertiary/aromatic N) is 1. The molecule has 2 N–H and O–H groups in total. The summed E-state index contributed by atoms with van der Waals surface area (Å²) in [5.41, 5.74) is 11.0. The fourth-order valence-corrected chi connectivity index (χ4v) is 4.02. The molecular weight excluding hydrogens is 276 g/mol. The highest BCUT2D eigenvalue weighted by atomic mass is 32.1. The van der Waals surface area contributed by atoms with Crippen LogP contribution >= 0.6 is 12.6 Å². The number of thiol groups is 1. The first-order chi connectivity index (χ1) is 9.86. The monoisotopic (exact) mass is 306 g/mol. The molecule has 0 fully saturated rings. The Kier molecular flexibility index (Phi) is 5.13. The third-order valence-corrected chi connectivity index (χ3v) is 5.18. The minimum atomic E-state index is 0.161. The number of fused-ring (bicyclic) bond motifs is 1. The summed E-state index contributed by atoms with van der Waals surface area (Å²) in [6, 6.07) is 4.39. The fourth-order valence-electron chi connectivity index (χ4n) is 3.37. The molecule has 0 amide bonds. The van der Waals surface area contributed by atoms with Crippen LogP contribution in [0.15, 0.2) is 12.1 Å². The summed E-state index contributed by atoms with van der Waals surface area (Å²) in [6.45, 7) is 10.2. The van der Waals surface area contributed by atoms with E-state index in [9.17, 15) is 0 Å². The molecule has 0 aliphatic carbocycles. The average Bonchev–Trinajstić information content (AvgIpc) is 2.39. The summed E-state index contributed by atoms with van der Waals surface area (Å²) in [6.07, 6.45) is 6.26. The minimum Gasteiger partial charge on any atom is -0.399 e. The maximum Gasteiger partial charge on any atom is 0.0418 e. The van der Waals surface area contributed by atoms with Crippen molar-refractivity contribution in [3.63, 3.8) is 0 Å². The first-order valence-corrected chi connectivity index (χ1v) is 8.74. The van der Waals surface area contributed by atoms with E-state index in [0.717, 1.165) is 18.7 Å². The minimum absolute atomic E-state index is 0.161. The van der Waals surface area contributed by atoms with Gasteiger partial charge in [-0.2, -0.15) is 12.6 Å². The van der Waals surface area contributed by atoms with Gasteiger partial charge in [-0.25, -0.2) is 0 Å². The Morgan fingerprint density at radius 2 is 2.00 bits per heavy atom. The Bertz CT molecular complexity index is 496. The predicted octanol–water partition coefficient (Wildman–Crippen LogP) is 5.12. The van der Waals surface area contributed by atoms with Gasteiger partial charge in [0.05, 0.1) is 0 Å². The SMILES string of the molecule is CCCCCCN1c2cc(C)c(N)cc2C(S)CC1(C)C. The van der Waals surface area contributed by atoms with E-state index in [-0.39, 0.29) is 10.8 Å². The molecule has 1 aromatic carbocycles. The first-order valence-electron chi connectivity index (χ1n) is 8.22. The molecule has 21 heavy (non-hydrogen) atoms. The van der Waals surface area contributed by atoms with Crippen molar-refractivity contribution in [2.75, 3.05) is 17.2 Å². The molecule has 1 aliphatic heterocycles. The third kappa shape index (κ3) is 3.50. The summed E-state index contributed by atoms with van der Waals surface area (Å²) in [5.74, 6) is 0. The topological polar surface area (TPSA) is 29.3 Å². The average molecular weight is 307 g/mol. The second kappa shape index (κ2) is 6.51. The van der Waals surface area contributed by atoms with Gasteiger partial charge >= 0.3 is 0 Å². The molecule has 1 aliphatic rings. The number of benzene rings is 1. The molecule has 1 heterocycles. The zero-order valence-corrected chi connectivity index (χ0v) is 14.8. The molecule has 2 nitrogen and oxygen atoms in total. The van der Waals surface area contributed by atoms with E-state index in [1.165, 1.54) is 42.5 Å². The summed E-state index contributed by atoms with van der Waals surface area (Å²) < 4.78 is 0. The standard InChI is InChI=1S/C18H30N2S/c1-5-6-7-8-9-20-16-10-13(2)15(19)11-14(16)17(21)12-18(20,3)4/h10-11,17,21H,5-9,12,19H2,1-4H3. The van der Waals surface area contributed by atoms with Crippen LogP contribution in [0.3, 0.4) is 0 Å². The third-order valence-electron chi connectivity index (χ3n) is 4.72. The molecule has 0 saturated carbocycles. The number of nitrogens with two attached hydrogens (primary N) is 1. The lowest BCUT2D eigenvalue weighted by atomic mass is 9.85. The number of nitrogen functional groups attached to an aromatic ring is 1. The molecule has 1 unspecified atom stereocenters. The second-order valence-corrected chi connectivity index (χ2v) is 7.64. The van der Waals surface area contributed by atoms with E-state index in [1.807, 2.05) is 0 Å². The van der Waals surface area contributed by atoms with E-state index < -0.39 is 0 Å². The van der Waals surface area contributed by atoms with Crippen LogP contribution in [0.4, 0.5) is 11.4 Å². The van der Waals surface area contributed by atoms with Crippen molar-refractivity contribution in [1.82, 2.24) is 0 Å². The smallest absolute Gasteiger partial charge is 0.0418 e. The molecule has 0 saturated heterocycles. The van der Waals surface area contributed by atoms with Gasteiger partial charge in [0.25, 0.3) is 0 Å². The van der Waals surface area contributed by atoms with Crippen LogP contribution in [0.25, 0.3) is 0 Å². The second-order valence-electron chi connectivity index (χ2n) is 7.01. The largest absolute Gasteiger partial charge is 0.399 e. The van der Waals surface area contributed by atoms with Crippen LogP contribution in [0.1, 0.15) is 69.3 Å². The van der Waals surface area contributed by atoms with E-state index in [1.54, 1.807) is 0 Å². The summed E-state index contributed by atoms with van der Waals surface area (Å²) in [7, 11) is 0. The van der Waals surface area contributed by atoms with Gasteiger partial charge in [0, 0.05) is 28.7 Å². The van der Waals surface area contributed by atoms with Gasteiger partial charge in [-0.1, -0.05) is 26.2 Å². The van der Waals surface area contributed by atoms with Gasteiger partial charge in [0.15, 0.2) is 0 Å². The van der Waals surface area contributed by atoms with Crippen LogP contribution in [-0.4, -0.2) is 12.1 Å². The maximum absolute atomic E-state index is 6.11. The van der Waals surface area contributed by atoms with Crippen molar-refractivity contribution in [3.05, 3.63) is 23.3 Å². The van der Waals surface area contributed by atoms with Crippen LogP contribution < -0.4 is 10.6 Å². The lowest BCUT2D eigenvalue weighted by Crippen LogP contribution is -2.48. The van der Waals surface area contributed by atoms with Crippen LogP contribution in [-0.2, 0) is 0 Å². The summed E-state index contributed by atoms with van der Waals surface area (Å²) >= 11 is 4.82. The molecule has 2 rings (SSSR count). The van der Waals surface area contributed by atoms with Crippen molar-refractivity contribution in [2.45, 2.75) is 70.6 Å². The first kappa shape index (κ1) is 16.5. The maximum atomic E-state index is 6.11. The highest BCUT2D eigenvalue weighted by Crippen LogP contribution is 2.46. The Morgan fingerprint density at radius 1 is 1.29 bits per heavy atom. The lowest BCUT2D eigenvalue weighted by Gasteiger charge is -2.47.